The van der Waals surface area contributed by atoms with Gasteiger partial charge in [-0.15, -0.1) is 0 Å². The lowest BCUT2D eigenvalue weighted by atomic mass is 9.68. The SMILES string of the molecule is CO[C@@H]1[C@H](OC(=O)CNCCBr)CC[C@]2(CO2)[C@H]1[C@]1(C)O[C@@H]1CC=C(C)C. The molecule has 2 saturated heterocycles. The van der Waals surface area contributed by atoms with E-state index in [1.807, 2.05) is 0 Å². The number of esters is 1. The quantitative estimate of drug-likeness (QED) is 0.193. The Morgan fingerprint density at radius 3 is 2.74 bits per heavy atom. The molecule has 0 radical (unpaired) electrons. The third-order valence-electron chi connectivity index (χ3n) is 6.06. The van der Waals surface area contributed by atoms with Crippen LogP contribution in [0.5, 0.6) is 0 Å². The van der Waals surface area contributed by atoms with Crippen LogP contribution in [0.1, 0.15) is 40.0 Å². The fourth-order valence-electron chi connectivity index (χ4n) is 4.54. The van der Waals surface area contributed by atoms with Crippen LogP contribution >= 0.6 is 15.9 Å². The smallest absolute Gasteiger partial charge is 0.320 e. The molecule has 0 aromatic heterocycles. The Bertz CT molecular complexity index is 575. The molecule has 1 aliphatic carbocycles. The molecule has 1 N–H and O–H groups in total. The molecule has 3 rings (SSSR count). The number of nitrogens with one attached hydrogen (secondary N) is 1. The van der Waals surface area contributed by atoms with E-state index in [2.05, 4.69) is 48.1 Å². The number of epoxide rings is 2. The number of hydrogen-bond donors (Lipinski definition) is 1. The molecule has 6 nitrogen and oxygen atoms in total. The van der Waals surface area contributed by atoms with Gasteiger partial charge in [-0.25, -0.2) is 0 Å². The van der Waals surface area contributed by atoms with E-state index in [9.17, 15) is 4.79 Å². The van der Waals surface area contributed by atoms with Crippen molar-refractivity contribution in [2.75, 3.05) is 32.1 Å². The minimum Gasteiger partial charge on any atom is -0.459 e. The molecule has 3 fully saturated rings. The molecule has 1 spiro atoms. The average molecular weight is 446 g/mol. The Labute approximate surface area is 170 Å². The second-order valence-electron chi connectivity index (χ2n) is 8.27. The second-order valence-corrected chi connectivity index (χ2v) is 9.06. The monoisotopic (exact) mass is 445 g/mol. The number of ether oxygens (including phenoxy) is 4. The zero-order valence-corrected chi connectivity index (χ0v) is 18.3. The summed E-state index contributed by atoms with van der Waals surface area (Å²) in [6, 6.07) is 0. The third kappa shape index (κ3) is 4.58. The molecule has 0 bridgehead atoms. The molecule has 0 aromatic carbocycles. The normalized spacial score (nSPS) is 39.9. The Balaban J connectivity index is 1.68. The van der Waals surface area contributed by atoms with Crippen molar-refractivity contribution in [1.29, 1.82) is 0 Å². The third-order valence-corrected chi connectivity index (χ3v) is 6.46. The minimum absolute atomic E-state index is 0.0626. The van der Waals surface area contributed by atoms with E-state index < -0.39 is 0 Å². The first kappa shape index (κ1) is 21.2. The van der Waals surface area contributed by atoms with Gasteiger partial charge in [0.05, 0.1) is 25.2 Å². The van der Waals surface area contributed by atoms with Gasteiger partial charge in [-0.1, -0.05) is 27.6 Å². The number of carbonyl (C=O) groups is 1. The molecule has 0 aromatic rings. The first-order valence-corrected chi connectivity index (χ1v) is 10.9. The molecule has 2 aliphatic heterocycles. The first-order valence-electron chi connectivity index (χ1n) is 9.80. The molecular weight excluding hydrogens is 414 g/mol. The van der Waals surface area contributed by atoms with Crippen LogP contribution < -0.4 is 5.32 Å². The van der Waals surface area contributed by atoms with Crippen molar-refractivity contribution in [1.82, 2.24) is 5.32 Å². The van der Waals surface area contributed by atoms with Gasteiger partial charge < -0.3 is 24.3 Å². The van der Waals surface area contributed by atoms with Crippen molar-refractivity contribution in [2.45, 2.75) is 69.5 Å². The van der Waals surface area contributed by atoms with Gasteiger partial charge in [-0.3, -0.25) is 4.79 Å². The van der Waals surface area contributed by atoms with E-state index in [0.29, 0.717) is 0 Å². The Kier molecular flexibility index (Phi) is 6.68. The van der Waals surface area contributed by atoms with Crippen molar-refractivity contribution in [3.63, 3.8) is 0 Å². The molecule has 3 aliphatic rings. The Morgan fingerprint density at radius 2 is 2.15 bits per heavy atom. The van der Waals surface area contributed by atoms with Crippen LogP contribution in [0.25, 0.3) is 0 Å². The van der Waals surface area contributed by atoms with Gasteiger partial charge in [0.25, 0.3) is 0 Å². The Morgan fingerprint density at radius 1 is 1.41 bits per heavy atom. The summed E-state index contributed by atoms with van der Waals surface area (Å²) in [4.78, 5) is 12.2. The molecular formula is C20H32BrNO5. The van der Waals surface area contributed by atoms with Gasteiger partial charge in [-0.05, 0) is 40.0 Å². The first-order chi connectivity index (χ1) is 12.9. The van der Waals surface area contributed by atoms with E-state index in [1.54, 1.807) is 7.11 Å². The van der Waals surface area contributed by atoms with Crippen molar-refractivity contribution in [3.05, 3.63) is 11.6 Å². The van der Waals surface area contributed by atoms with Gasteiger partial charge >= 0.3 is 5.97 Å². The highest BCUT2D eigenvalue weighted by Gasteiger charge is 2.72. The number of allylic oxidation sites excluding steroid dienone is 1. The van der Waals surface area contributed by atoms with Crippen molar-refractivity contribution >= 4 is 21.9 Å². The molecule has 154 valence electrons. The number of rotatable bonds is 9. The Hall–Kier alpha value is -0.470. The lowest BCUT2D eigenvalue weighted by Gasteiger charge is -2.42. The second kappa shape index (κ2) is 8.49. The molecule has 2 heterocycles. The maximum Gasteiger partial charge on any atom is 0.320 e. The van der Waals surface area contributed by atoms with Crippen LogP contribution in [-0.4, -0.2) is 67.6 Å². The lowest BCUT2D eigenvalue weighted by Crippen LogP contribution is -2.56. The molecule has 0 unspecified atom stereocenters. The van der Waals surface area contributed by atoms with Crippen LogP contribution in [0.3, 0.4) is 0 Å². The summed E-state index contributed by atoms with van der Waals surface area (Å²) in [7, 11) is 1.69. The largest absolute Gasteiger partial charge is 0.459 e. The van der Waals surface area contributed by atoms with Gasteiger partial charge in [0.15, 0.2) is 0 Å². The molecule has 7 heteroatoms. The van der Waals surface area contributed by atoms with Crippen LogP contribution in [0.2, 0.25) is 0 Å². The van der Waals surface area contributed by atoms with E-state index in [-0.39, 0.29) is 47.9 Å². The average Bonchev–Trinajstić information content (AvgIpc) is 3.53. The fraction of sp³-hybridized carbons (Fsp3) is 0.850. The number of methoxy groups -OCH3 is 1. The maximum absolute atomic E-state index is 12.2. The highest BCUT2D eigenvalue weighted by molar-refractivity contribution is 9.09. The zero-order chi connectivity index (χ0) is 19.7. The number of alkyl halides is 1. The van der Waals surface area contributed by atoms with Gasteiger partial charge in [-0.2, -0.15) is 0 Å². The molecule has 27 heavy (non-hydrogen) atoms. The van der Waals surface area contributed by atoms with E-state index in [0.717, 1.165) is 37.7 Å². The molecule has 0 amide bonds. The van der Waals surface area contributed by atoms with Crippen LogP contribution in [0, 0.1) is 5.92 Å². The van der Waals surface area contributed by atoms with Crippen molar-refractivity contribution in [2.24, 2.45) is 5.92 Å². The lowest BCUT2D eigenvalue weighted by molar-refractivity contribution is -0.170. The fourth-order valence-corrected chi connectivity index (χ4v) is 4.82. The van der Waals surface area contributed by atoms with Crippen LogP contribution in [0.15, 0.2) is 11.6 Å². The minimum atomic E-state index is -0.303. The predicted octanol–water partition coefficient (Wildman–Crippen LogP) is 2.59. The predicted molar refractivity (Wildman–Crippen MR) is 106 cm³/mol. The maximum atomic E-state index is 12.2. The van der Waals surface area contributed by atoms with Gasteiger partial charge in [0.2, 0.25) is 0 Å². The van der Waals surface area contributed by atoms with Crippen LogP contribution in [-0.2, 0) is 23.7 Å². The van der Waals surface area contributed by atoms with E-state index >= 15 is 0 Å². The van der Waals surface area contributed by atoms with Gasteiger partial charge in [0, 0.05) is 19.0 Å². The summed E-state index contributed by atoms with van der Waals surface area (Å²) in [6.45, 7) is 8.02. The standard InChI is InChI=1S/C20H32BrNO5/c1-13(2)5-6-15-19(3,27-15)18-17(24-4)14(7-8-20(18)12-25-20)26-16(23)11-22-10-9-21/h5,14-15,17-18,22H,6-12H2,1-4H3/t14-,15-,17-,18-,19-,20+/m1/s1. The van der Waals surface area contributed by atoms with Crippen molar-refractivity contribution in [3.8, 4) is 0 Å². The summed E-state index contributed by atoms with van der Waals surface area (Å²) in [6.07, 6.45) is 4.41. The number of carbonyl (C=O) groups excluding carboxylic acids is 1. The highest BCUT2D eigenvalue weighted by atomic mass is 79.9. The van der Waals surface area contributed by atoms with E-state index in [4.69, 9.17) is 18.9 Å². The highest BCUT2D eigenvalue weighted by Crippen LogP contribution is 2.59. The summed E-state index contributed by atoms with van der Waals surface area (Å²) in [5.74, 6) is -0.176. The summed E-state index contributed by atoms with van der Waals surface area (Å²) in [5.41, 5.74) is 0.800. The number of halogens is 1. The summed E-state index contributed by atoms with van der Waals surface area (Å²) >= 11 is 3.34. The van der Waals surface area contributed by atoms with Crippen LogP contribution in [0.4, 0.5) is 0 Å². The molecule has 1 saturated carbocycles. The number of hydrogen-bond acceptors (Lipinski definition) is 6. The zero-order valence-electron chi connectivity index (χ0n) is 16.8. The van der Waals surface area contributed by atoms with Gasteiger partial charge in [0.1, 0.15) is 23.4 Å². The molecule has 6 atom stereocenters. The summed E-state index contributed by atoms with van der Waals surface area (Å²) in [5, 5.41) is 3.86. The van der Waals surface area contributed by atoms with Crippen molar-refractivity contribution < 1.29 is 23.7 Å². The van der Waals surface area contributed by atoms with E-state index in [1.165, 1.54) is 5.57 Å². The summed E-state index contributed by atoms with van der Waals surface area (Å²) < 4.78 is 23.8. The topological polar surface area (TPSA) is 72.6 Å².